The van der Waals surface area contributed by atoms with Crippen molar-refractivity contribution in [1.82, 2.24) is 19.5 Å². The van der Waals surface area contributed by atoms with Gasteiger partial charge in [-0.2, -0.15) is 0 Å². The molecule has 3 aromatic rings. The molecular weight excluding hydrogens is 728 g/mol. The first-order chi connectivity index (χ1) is 22.1. The number of anilines is 1. The maximum atomic E-state index is 7.22. The number of nitrogens with zero attached hydrogens (tertiary/aromatic N) is 4. The number of nitrogens with two attached hydrogens (primary N) is 1. The summed E-state index contributed by atoms with van der Waals surface area (Å²) in [6.45, 7) is 19.3. The Morgan fingerprint density at radius 2 is 1.65 bits per heavy atom. The van der Waals surface area contributed by atoms with Gasteiger partial charge in [-0.15, -0.1) is 0 Å². The predicted octanol–water partition coefficient (Wildman–Crippen LogP) is 8.81. The number of aromatic nitrogens is 4. The number of imidazole rings is 1. The van der Waals surface area contributed by atoms with Crippen LogP contribution >= 0.6 is 29.9 Å². The van der Waals surface area contributed by atoms with Gasteiger partial charge in [0.25, 0.3) is 0 Å². The number of fused-ring (bicyclic) bond motifs is 1. The van der Waals surface area contributed by atoms with Gasteiger partial charge in [-0.25, -0.2) is 15.0 Å². The Morgan fingerprint density at radius 3 is 2.29 bits per heavy atom. The van der Waals surface area contributed by atoms with Crippen molar-refractivity contribution in [1.29, 1.82) is 0 Å². The molecule has 0 bridgehead atoms. The van der Waals surface area contributed by atoms with Gasteiger partial charge < -0.3 is 32.9 Å². The van der Waals surface area contributed by atoms with Crippen LogP contribution in [0.1, 0.15) is 65.9 Å². The number of hydrogen-bond acceptors (Lipinski definition) is 11. The van der Waals surface area contributed by atoms with Crippen molar-refractivity contribution in [3.63, 3.8) is 0 Å². The molecule has 0 aliphatic carbocycles. The predicted molar refractivity (Wildman–Crippen MR) is 199 cm³/mol. The Kier molecular flexibility index (Phi) is 11.0. The van der Waals surface area contributed by atoms with Crippen LogP contribution in [0.3, 0.4) is 0 Å². The van der Waals surface area contributed by atoms with Gasteiger partial charge in [0.15, 0.2) is 34.3 Å². The molecule has 2 aliphatic heterocycles. The normalized spacial score (nSPS) is 27.5. The highest BCUT2D eigenvalue weighted by Crippen LogP contribution is 2.58. The van der Waals surface area contributed by atoms with Gasteiger partial charge in [0.1, 0.15) is 30.2 Å². The summed E-state index contributed by atoms with van der Waals surface area (Å²) in [6, 6.07) is 5.28. The molecule has 2 saturated heterocycles. The number of ether oxygens (including phenoxy) is 1. The van der Waals surface area contributed by atoms with Gasteiger partial charge in [-0.3, -0.25) is 4.57 Å². The van der Waals surface area contributed by atoms with E-state index in [9.17, 15) is 0 Å². The number of benzene rings is 1. The first kappa shape index (κ1) is 38.2. The molecule has 5 rings (SSSR count). The Hall–Kier alpha value is -1.01. The third-order valence-electron chi connectivity index (χ3n) is 10.0. The van der Waals surface area contributed by atoms with Crippen molar-refractivity contribution >= 4 is 75.3 Å². The molecule has 266 valence electrons. The molecule has 11 nitrogen and oxygen atoms in total. The number of rotatable bonds is 9. The molecule has 2 aromatic heterocycles. The van der Waals surface area contributed by atoms with Crippen LogP contribution in [0.5, 0.6) is 0 Å². The van der Waals surface area contributed by atoms with Gasteiger partial charge in [-0.1, -0.05) is 64.7 Å². The van der Waals surface area contributed by atoms with Crippen molar-refractivity contribution < 1.29 is 27.2 Å². The van der Waals surface area contributed by atoms with E-state index in [4.69, 9.17) is 67.9 Å². The average molecular weight is 777 g/mol. The summed E-state index contributed by atoms with van der Waals surface area (Å²) < 4.78 is 42.0. The quantitative estimate of drug-likeness (QED) is 0.166. The fourth-order valence-electron chi connectivity index (χ4n) is 5.14. The molecule has 4 heterocycles. The second-order valence-corrected chi connectivity index (χ2v) is 28.8. The molecular formula is C31H48Cl2N5O6PSSi2. The standard InChI is InChI=1S/C31H48Cl2N5O6PSSi2/c1-30(2,3)47(7,8)43-25-23(16-40-45(46)39-14-13-22(42-45)20-15-19(32)11-12-21(20)33)41-29(26(25)44-48(9,10)31(4,5)6)38-18-37-24-27(34)35-17-36-28(24)38/h11-12,15,17-18,22-23,25-26,29H,13-14,16H2,1-10H3,(H2,34,35,36)/t22-,23+,25+,26+,29+,45?/m0/s1. The number of halogens is 2. The van der Waals surface area contributed by atoms with Crippen molar-refractivity contribution in [3.05, 3.63) is 46.5 Å². The van der Waals surface area contributed by atoms with Crippen LogP contribution < -0.4 is 5.73 Å². The first-order valence-corrected chi connectivity index (χ1v) is 25.2. The van der Waals surface area contributed by atoms with Crippen LogP contribution in [0.15, 0.2) is 30.9 Å². The van der Waals surface area contributed by atoms with Gasteiger partial charge in [0.05, 0.1) is 25.6 Å². The number of nitrogen functional groups attached to an aromatic ring is 1. The second kappa shape index (κ2) is 13.8. The molecule has 2 aliphatic rings. The SMILES string of the molecule is CC(C)(C)[Si](C)(C)O[C@@H]1[C@H](O[Si](C)(C)C(C)(C)C)[C@@H](COP2(=S)OCC[C@@H](c3cc(Cl)ccc3Cl)O2)O[C@H]1n1cnc2c(N)ncnc21. The van der Waals surface area contributed by atoms with Gasteiger partial charge in [0, 0.05) is 22.0 Å². The van der Waals surface area contributed by atoms with E-state index < -0.39 is 54.0 Å². The van der Waals surface area contributed by atoms with E-state index in [1.807, 2.05) is 4.57 Å². The van der Waals surface area contributed by atoms with E-state index in [0.29, 0.717) is 34.2 Å². The Morgan fingerprint density at radius 1 is 1.00 bits per heavy atom. The summed E-state index contributed by atoms with van der Waals surface area (Å²) in [5, 5.41) is 0.919. The van der Waals surface area contributed by atoms with Gasteiger partial charge >= 0.3 is 6.72 Å². The van der Waals surface area contributed by atoms with Crippen LogP contribution in [-0.2, 0) is 39.0 Å². The molecule has 0 amide bonds. The summed E-state index contributed by atoms with van der Waals surface area (Å²) in [5.41, 5.74) is 7.95. The molecule has 17 heteroatoms. The lowest BCUT2D eigenvalue weighted by molar-refractivity contribution is -0.0515. The zero-order chi connectivity index (χ0) is 35.4. The highest BCUT2D eigenvalue weighted by molar-refractivity contribution is 8.07. The summed E-state index contributed by atoms with van der Waals surface area (Å²) in [7, 11) is -4.77. The summed E-state index contributed by atoms with van der Waals surface area (Å²) >= 11 is 18.7. The Labute approximate surface area is 301 Å². The fraction of sp³-hybridized carbons (Fsp3) is 0.645. The molecule has 2 N–H and O–H groups in total. The van der Waals surface area contributed by atoms with Crippen LogP contribution in [0, 0.1) is 0 Å². The van der Waals surface area contributed by atoms with Crippen LogP contribution in [0.2, 0.25) is 46.3 Å². The minimum absolute atomic E-state index is 0.0458. The second-order valence-electron chi connectivity index (χ2n) is 15.5. The number of hydrogen-bond donors (Lipinski definition) is 1. The zero-order valence-electron chi connectivity index (χ0n) is 29.3. The largest absolute Gasteiger partial charge is 0.408 e. The molecule has 1 aromatic carbocycles. The van der Waals surface area contributed by atoms with E-state index in [2.05, 4.69) is 82.7 Å². The zero-order valence-corrected chi connectivity index (χ0v) is 34.5. The molecule has 48 heavy (non-hydrogen) atoms. The van der Waals surface area contributed by atoms with E-state index >= 15 is 0 Å². The topological polar surface area (TPSA) is 125 Å². The molecule has 0 saturated carbocycles. The third-order valence-corrected chi connectivity index (χ3v) is 21.9. The molecule has 2 fully saturated rings. The molecule has 6 atom stereocenters. The van der Waals surface area contributed by atoms with E-state index in [1.54, 1.807) is 24.5 Å². The van der Waals surface area contributed by atoms with Gasteiger partial charge in [-0.05, 0) is 66.3 Å². The summed E-state index contributed by atoms with van der Waals surface area (Å²) in [4.78, 5) is 13.2. The highest BCUT2D eigenvalue weighted by atomic mass is 35.5. The molecule has 0 radical (unpaired) electrons. The van der Waals surface area contributed by atoms with E-state index in [-0.39, 0.29) is 22.5 Å². The Bertz CT molecular complexity index is 1690. The third kappa shape index (κ3) is 7.90. The maximum Gasteiger partial charge on any atom is 0.327 e. The molecule has 0 spiro atoms. The van der Waals surface area contributed by atoms with E-state index in [1.165, 1.54) is 6.33 Å². The lowest BCUT2D eigenvalue weighted by Crippen LogP contribution is -2.54. The van der Waals surface area contributed by atoms with Crippen molar-refractivity contribution in [2.24, 2.45) is 0 Å². The van der Waals surface area contributed by atoms with Crippen molar-refractivity contribution in [3.8, 4) is 0 Å². The Balaban J connectivity index is 1.52. The van der Waals surface area contributed by atoms with Crippen LogP contribution in [0.25, 0.3) is 11.2 Å². The monoisotopic (exact) mass is 775 g/mol. The fourth-order valence-corrected chi connectivity index (χ4v) is 10.3. The minimum atomic E-state index is -3.23. The van der Waals surface area contributed by atoms with Crippen LogP contribution in [0.4, 0.5) is 5.82 Å². The van der Waals surface area contributed by atoms with Crippen molar-refractivity contribution in [2.75, 3.05) is 18.9 Å². The van der Waals surface area contributed by atoms with Crippen molar-refractivity contribution in [2.45, 2.75) is 115 Å². The summed E-state index contributed by atoms with van der Waals surface area (Å²) in [6.07, 6.45) is 0.907. The highest BCUT2D eigenvalue weighted by Gasteiger charge is 2.55. The first-order valence-electron chi connectivity index (χ1n) is 16.1. The average Bonchev–Trinajstić information content (AvgIpc) is 3.54. The van der Waals surface area contributed by atoms with Gasteiger partial charge in [0.2, 0.25) is 0 Å². The summed E-state index contributed by atoms with van der Waals surface area (Å²) in [5.74, 6) is 0.284. The van der Waals surface area contributed by atoms with E-state index in [0.717, 1.165) is 5.56 Å². The minimum Gasteiger partial charge on any atom is -0.408 e. The lowest BCUT2D eigenvalue weighted by atomic mass is 10.1. The maximum absolute atomic E-state index is 7.22. The smallest absolute Gasteiger partial charge is 0.327 e. The van der Waals surface area contributed by atoms with Crippen LogP contribution in [-0.4, -0.2) is 67.7 Å². The molecule has 1 unspecified atom stereocenters. The lowest BCUT2D eigenvalue weighted by Gasteiger charge is -2.44.